The Bertz CT molecular complexity index is 810. The van der Waals surface area contributed by atoms with E-state index in [0.717, 1.165) is 5.69 Å². The number of nitrogens with zero attached hydrogens (tertiary/aromatic N) is 2. The predicted molar refractivity (Wildman–Crippen MR) is 99.3 cm³/mol. The van der Waals surface area contributed by atoms with E-state index >= 15 is 0 Å². The Labute approximate surface area is 153 Å². The summed E-state index contributed by atoms with van der Waals surface area (Å²) in [5.74, 6) is 0. The second-order valence-corrected chi connectivity index (χ2v) is 7.59. The number of urea groups is 1. The first-order chi connectivity index (χ1) is 12.4. The maximum absolute atomic E-state index is 12.0. The lowest BCUT2D eigenvalue weighted by atomic mass is 10.2. The summed E-state index contributed by atoms with van der Waals surface area (Å²) < 4.78 is 26.5. The smallest absolute Gasteiger partial charge is 0.319 e. The van der Waals surface area contributed by atoms with Gasteiger partial charge in [0.1, 0.15) is 0 Å². The summed E-state index contributed by atoms with van der Waals surface area (Å²) in [7, 11) is -3.51. The van der Waals surface area contributed by atoms with E-state index in [2.05, 4.69) is 25.3 Å². The van der Waals surface area contributed by atoms with Gasteiger partial charge in [-0.2, -0.15) is 0 Å². The third kappa shape index (κ3) is 6.08. The second kappa shape index (κ2) is 9.25. The molecule has 9 heteroatoms. The summed E-state index contributed by atoms with van der Waals surface area (Å²) in [6.45, 7) is 4.14. The minimum absolute atomic E-state index is 0.135. The largest absolute Gasteiger partial charge is 0.335 e. The average Bonchev–Trinajstić information content (AvgIpc) is 2.61. The summed E-state index contributed by atoms with van der Waals surface area (Å²) in [5, 5.41) is 5.48. The van der Waals surface area contributed by atoms with Crippen LogP contribution in [-0.2, 0) is 16.4 Å². The summed E-state index contributed by atoms with van der Waals surface area (Å²) in [4.78, 5) is 20.4. The SMILES string of the molecule is CCCNS(=O)(=O)c1ccc(NC(=O)N[C@@H](C)Cc2cnccn2)cc1. The Kier molecular flexibility index (Phi) is 7.05. The molecule has 1 heterocycles. The summed E-state index contributed by atoms with van der Waals surface area (Å²) in [6, 6.07) is 5.50. The van der Waals surface area contributed by atoms with Crippen molar-refractivity contribution in [3.63, 3.8) is 0 Å². The number of carbonyl (C=O) groups excluding carboxylic acids is 1. The molecule has 0 saturated carbocycles. The van der Waals surface area contributed by atoms with E-state index in [4.69, 9.17) is 0 Å². The number of benzene rings is 1. The van der Waals surface area contributed by atoms with Crippen LogP contribution in [0.5, 0.6) is 0 Å². The fraction of sp³-hybridized carbons (Fsp3) is 0.353. The van der Waals surface area contributed by atoms with E-state index < -0.39 is 10.0 Å². The molecule has 1 atom stereocenters. The summed E-state index contributed by atoms with van der Waals surface area (Å²) in [5.41, 5.74) is 1.29. The Balaban J connectivity index is 1.89. The second-order valence-electron chi connectivity index (χ2n) is 5.82. The number of anilines is 1. The Morgan fingerprint density at radius 1 is 1.19 bits per heavy atom. The standard InChI is InChI=1S/C17H23N5O3S/c1-3-8-20-26(24,25)16-6-4-14(5-7-16)22-17(23)21-13(2)11-15-12-18-9-10-19-15/h4-7,9-10,12-13,20H,3,8,11H2,1-2H3,(H2,21,22,23)/t13-/m0/s1. The topological polar surface area (TPSA) is 113 Å². The normalized spacial score (nSPS) is 12.4. The van der Waals surface area contributed by atoms with Gasteiger partial charge in [0.15, 0.2) is 0 Å². The van der Waals surface area contributed by atoms with Gasteiger partial charge in [-0.3, -0.25) is 9.97 Å². The van der Waals surface area contributed by atoms with E-state index in [-0.39, 0.29) is 17.0 Å². The van der Waals surface area contributed by atoms with Gasteiger partial charge < -0.3 is 10.6 Å². The lowest BCUT2D eigenvalue weighted by Crippen LogP contribution is -2.37. The molecular formula is C17H23N5O3S. The van der Waals surface area contributed by atoms with Crippen molar-refractivity contribution < 1.29 is 13.2 Å². The highest BCUT2D eigenvalue weighted by Crippen LogP contribution is 2.14. The lowest BCUT2D eigenvalue weighted by Gasteiger charge is -2.14. The molecule has 26 heavy (non-hydrogen) atoms. The van der Waals surface area contributed by atoms with Gasteiger partial charge in [0.25, 0.3) is 0 Å². The van der Waals surface area contributed by atoms with Crippen molar-refractivity contribution in [2.24, 2.45) is 0 Å². The molecule has 1 aromatic carbocycles. The highest BCUT2D eigenvalue weighted by molar-refractivity contribution is 7.89. The minimum Gasteiger partial charge on any atom is -0.335 e. The van der Waals surface area contributed by atoms with Crippen molar-refractivity contribution in [3.05, 3.63) is 48.5 Å². The number of hydrogen-bond acceptors (Lipinski definition) is 5. The first-order valence-corrected chi connectivity index (χ1v) is 9.81. The molecule has 1 aromatic heterocycles. The molecule has 0 aliphatic rings. The van der Waals surface area contributed by atoms with Crippen LogP contribution in [0, 0.1) is 0 Å². The number of hydrogen-bond donors (Lipinski definition) is 3. The quantitative estimate of drug-likeness (QED) is 0.650. The number of amides is 2. The fourth-order valence-corrected chi connectivity index (χ4v) is 3.36. The Hall–Kier alpha value is -2.52. The minimum atomic E-state index is -3.51. The van der Waals surface area contributed by atoms with E-state index in [1.807, 2.05) is 13.8 Å². The molecule has 0 radical (unpaired) electrons. The van der Waals surface area contributed by atoms with Crippen molar-refractivity contribution >= 4 is 21.7 Å². The molecule has 0 fully saturated rings. The van der Waals surface area contributed by atoms with E-state index in [1.54, 1.807) is 30.7 Å². The highest BCUT2D eigenvalue weighted by Gasteiger charge is 2.13. The first-order valence-electron chi connectivity index (χ1n) is 8.33. The summed E-state index contributed by atoms with van der Waals surface area (Å²) in [6.07, 6.45) is 6.12. The zero-order valence-electron chi connectivity index (χ0n) is 14.8. The molecule has 2 amide bonds. The number of carbonyl (C=O) groups is 1. The van der Waals surface area contributed by atoms with Gasteiger partial charge >= 0.3 is 6.03 Å². The van der Waals surface area contributed by atoms with Crippen LogP contribution in [-0.4, -0.2) is 37.0 Å². The molecule has 0 bridgehead atoms. The molecule has 8 nitrogen and oxygen atoms in total. The van der Waals surface area contributed by atoms with Gasteiger partial charge in [0.05, 0.1) is 10.6 Å². The van der Waals surface area contributed by atoms with Crippen LogP contribution < -0.4 is 15.4 Å². The van der Waals surface area contributed by atoms with Crippen molar-refractivity contribution in [1.82, 2.24) is 20.0 Å². The molecule has 2 aromatic rings. The molecule has 140 valence electrons. The van der Waals surface area contributed by atoms with Crippen LogP contribution in [0.2, 0.25) is 0 Å². The zero-order valence-corrected chi connectivity index (χ0v) is 15.6. The van der Waals surface area contributed by atoms with Crippen LogP contribution in [0.25, 0.3) is 0 Å². The van der Waals surface area contributed by atoms with Gasteiger partial charge in [0, 0.05) is 43.3 Å². The first kappa shape index (κ1) is 19.8. The van der Waals surface area contributed by atoms with Crippen molar-refractivity contribution in [2.45, 2.75) is 37.6 Å². The van der Waals surface area contributed by atoms with Crippen LogP contribution in [0.1, 0.15) is 26.0 Å². The zero-order chi connectivity index (χ0) is 19.0. The van der Waals surface area contributed by atoms with Gasteiger partial charge in [-0.15, -0.1) is 0 Å². The monoisotopic (exact) mass is 377 g/mol. The van der Waals surface area contributed by atoms with Crippen molar-refractivity contribution in [1.29, 1.82) is 0 Å². The number of nitrogens with one attached hydrogen (secondary N) is 3. The van der Waals surface area contributed by atoms with E-state index in [1.165, 1.54) is 12.1 Å². The molecule has 0 saturated heterocycles. The third-order valence-electron chi connectivity index (χ3n) is 3.47. The number of aromatic nitrogens is 2. The van der Waals surface area contributed by atoms with Crippen LogP contribution in [0.15, 0.2) is 47.8 Å². The van der Waals surface area contributed by atoms with Crippen molar-refractivity contribution in [3.8, 4) is 0 Å². The average molecular weight is 377 g/mol. The number of sulfonamides is 1. The summed E-state index contributed by atoms with van der Waals surface area (Å²) >= 11 is 0. The van der Waals surface area contributed by atoms with Gasteiger partial charge in [-0.05, 0) is 37.6 Å². The van der Waals surface area contributed by atoms with Gasteiger partial charge in [0.2, 0.25) is 10.0 Å². The van der Waals surface area contributed by atoms with Crippen LogP contribution >= 0.6 is 0 Å². The highest BCUT2D eigenvalue weighted by atomic mass is 32.2. The van der Waals surface area contributed by atoms with Crippen LogP contribution in [0.4, 0.5) is 10.5 Å². The van der Waals surface area contributed by atoms with E-state index in [9.17, 15) is 13.2 Å². The maximum atomic E-state index is 12.0. The maximum Gasteiger partial charge on any atom is 0.319 e. The molecular weight excluding hydrogens is 354 g/mol. The molecule has 2 rings (SSSR count). The van der Waals surface area contributed by atoms with Gasteiger partial charge in [-0.1, -0.05) is 6.92 Å². The Morgan fingerprint density at radius 3 is 2.54 bits per heavy atom. The van der Waals surface area contributed by atoms with Gasteiger partial charge in [-0.25, -0.2) is 17.9 Å². The molecule has 0 aliphatic carbocycles. The predicted octanol–water partition coefficient (Wildman–Crippen LogP) is 1.92. The molecule has 0 aliphatic heterocycles. The van der Waals surface area contributed by atoms with Crippen LogP contribution in [0.3, 0.4) is 0 Å². The Morgan fingerprint density at radius 2 is 1.92 bits per heavy atom. The lowest BCUT2D eigenvalue weighted by molar-refractivity contribution is 0.249. The molecule has 0 spiro atoms. The third-order valence-corrected chi connectivity index (χ3v) is 4.95. The fourth-order valence-electron chi connectivity index (χ4n) is 2.23. The number of rotatable bonds is 8. The molecule has 0 unspecified atom stereocenters. The molecule has 3 N–H and O–H groups in total. The van der Waals surface area contributed by atoms with E-state index in [0.29, 0.717) is 25.1 Å². The van der Waals surface area contributed by atoms with Crippen molar-refractivity contribution in [2.75, 3.05) is 11.9 Å².